The minimum absolute atomic E-state index is 0.0706. The van der Waals surface area contributed by atoms with E-state index in [1.54, 1.807) is 21.9 Å². The molecule has 24 heavy (non-hydrogen) atoms. The third kappa shape index (κ3) is 3.73. The topological polar surface area (TPSA) is 59.1 Å². The Morgan fingerprint density at radius 2 is 1.79 bits per heavy atom. The molecule has 2 heterocycles. The van der Waals surface area contributed by atoms with Crippen molar-refractivity contribution in [1.29, 1.82) is 0 Å². The number of halogens is 1. The first kappa shape index (κ1) is 16.9. The SMILES string of the molecule is O=C(c1ccccc1F)N1CCCN(C(=O)C2COCCO2)CC1. The molecule has 0 spiro atoms. The molecular weight excluding hydrogens is 315 g/mol. The lowest BCUT2D eigenvalue weighted by Gasteiger charge is -2.28. The zero-order valence-electron chi connectivity index (χ0n) is 13.4. The molecule has 0 aliphatic carbocycles. The maximum Gasteiger partial charge on any atom is 0.256 e. The van der Waals surface area contributed by atoms with Crippen molar-refractivity contribution in [2.24, 2.45) is 0 Å². The zero-order chi connectivity index (χ0) is 16.9. The van der Waals surface area contributed by atoms with Gasteiger partial charge in [0.15, 0.2) is 6.10 Å². The number of hydrogen-bond acceptors (Lipinski definition) is 4. The summed E-state index contributed by atoms with van der Waals surface area (Å²) in [6.45, 7) is 3.05. The van der Waals surface area contributed by atoms with Crippen molar-refractivity contribution in [2.75, 3.05) is 46.0 Å². The van der Waals surface area contributed by atoms with Crippen LogP contribution in [0.15, 0.2) is 24.3 Å². The quantitative estimate of drug-likeness (QED) is 0.806. The van der Waals surface area contributed by atoms with Crippen LogP contribution in [0, 0.1) is 5.82 Å². The van der Waals surface area contributed by atoms with Crippen molar-refractivity contribution in [1.82, 2.24) is 9.80 Å². The van der Waals surface area contributed by atoms with Crippen molar-refractivity contribution in [3.63, 3.8) is 0 Å². The first-order chi connectivity index (χ1) is 11.7. The van der Waals surface area contributed by atoms with Crippen LogP contribution in [-0.4, -0.2) is 73.7 Å². The third-order valence-corrected chi connectivity index (χ3v) is 4.29. The number of carbonyl (C=O) groups is 2. The Bertz CT molecular complexity index is 604. The van der Waals surface area contributed by atoms with Gasteiger partial charge in [-0.1, -0.05) is 12.1 Å². The van der Waals surface area contributed by atoms with Gasteiger partial charge in [0.2, 0.25) is 0 Å². The van der Waals surface area contributed by atoms with E-state index < -0.39 is 11.9 Å². The maximum absolute atomic E-state index is 13.8. The summed E-state index contributed by atoms with van der Waals surface area (Å²) >= 11 is 0. The van der Waals surface area contributed by atoms with Crippen molar-refractivity contribution in [3.8, 4) is 0 Å². The van der Waals surface area contributed by atoms with E-state index >= 15 is 0 Å². The van der Waals surface area contributed by atoms with Gasteiger partial charge in [-0.05, 0) is 18.6 Å². The number of nitrogens with zero attached hydrogens (tertiary/aromatic N) is 2. The maximum atomic E-state index is 13.8. The second kappa shape index (κ2) is 7.72. The van der Waals surface area contributed by atoms with Gasteiger partial charge in [-0.15, -0.1) is 0 Å². The molecule has 2 aliphatic heterocycles. The molecule has 2 amide bonds. The highest BCUT2D eigenvalue weighted by atomic mass is 19.1. The Kier molecular flexibility index (Phi) is 5.42. The standard InChI is InChI=1S/C17H21FN2O4/c18-14-5-2-1-4-13(14)16(21)19-6-3-7-20(9-8-19)17(22)15-12-23-10-11-24-15/h1-2,4-5,15H,3,6-12H2. The molecule has 2 aliphatic rings. The van der Waals surface area contributed by atoms with E-state index in [-0.39, 0.29) is 24.0 Å². The monoisotopic (exact) mass is 336 g/mol. The molecule has 1 atom stereocenters. The van der Waals surface area contributed by atoms with Crippen molar-refractivity contribution in [2.45, 2.75) is 12.5 Å². The second-order valence-corrected chi connectivity index (χ2v) is 5.89. The second-order valence-electron chi connectivity index (χ2n) is 5.89. The Morgan fingerprint density at radius 1 is 1.04 bits per heavy atom. The summed E-state index contributed by atoms with van der Waals surface area (Å²) < 4.78 is 24.5. The van der Waals surface area contributed by atoms with Crippen LogP contribution in [0.25, 0.3) is 0 Å². The van der Waals surface area contributed by atoms with Crippen molar-refractivity contribution in [3.05, 3.63) is 35.6 Å². The van der Waals surface area contributed by atoms with Crippen LogP contribution in [0.3, 0.4) is 0 Å². The Morgan fingerprint density at radius 3 is 2.54 bits per heavy atom. The number of ether oxygens (including phenoxy) is 2. The Hall–Kier alpha value is -1.99. The molecule has 0 radical (unpaired) electrons. The number of amides is 2. The Labute approximate surface area is 140 Å². The molecule has 130 valence electrons. The largest absolute Gasteiger partial charge is 0.376 e. The van der Waals surface area contributed by atoms with Gasteiger partial charge in [0.25, 0.3) is 11.8 Å². The van der Waals surface area contributed by atoms with E-state index in [9.17, 15) is 14.0 Å². The molecule has 2 fully saturated rings. The molecule has 7 heteroatoms. The average Bonchev–Trinajstić information content (AvgIpc) is 2.88. The van der Waals surface area contributed by atoms with Gasteiger partial charge < -0.3 is 19.3 Å². The highest BCUT2D eigenvalue weighted by Gasteiger charge is 2.30. The fourth-order valence-electron chi connectivity index (χ4n) is 2.98. The molecule has 2 saturated heterocycles. The summed E-state index contributed by atoms with van der Waals surface area (Å²) in [7, 11) is 0. The minimum atomic E-state index is -0.562. The number of benzene rings is 1. The molecule has 3 rings (SSSR count). The number of rotatable bonds is 2. The highest BCUT2D eigenvalue weighted by molar-refractivity contribution is 5.94. The minimum Gasteiger partial charge on any atom is -0.376 e. The number of hydrogen-bond donors (Lipinski definition) is 0. The number of carbonyl (C=O) groups excluding carboxylic acids is 2. The van der Waals surface area contributed by atoms with Gasteiger partial charge in [-0.25, -0.2) is 4.39 Å². The van der Waals surface area contributed by atoms with Crippen LogP contribution >= 0.6 is 0 Å². The van der Waals surface area contributed by atoms with Crippen LogP contribution in [0.5, 0.6) is 0 Å². The van der Waals surface area contributed by atoms with E-state index in [1.165, 1.54) is 12.1 Å². The Balaban J connectivity index is 1.61. The van der Waals surface area contributed by atoms with Gasteiger partial charge in [-0.2, -0.15) is 0 Å². The van der Waals surface area contributed by atoms with Crippen LogP contribution < -0.4 is 0 Å². The summed E-state index contributed by atoms with van der Waals surface area (Å²) in [4.78, 5) is 28.3. The van der Waals surface area contributed by atoms with Crippen LogP contribution in [0.2, 0.25) is 0 Å². The van der Waals surface area contributed by atoms with Gasteiger partial charge in [-0.3, -0.25) is 9.59 Å². The lowest BCUT2D eigenvalue weighted by Crippen LogP contribution is -2.46. The fourth-order valence-corrected chi connectivity index (χ4v) is 2.98. The lowest BCUT2D eigenvalue weighted by molar-refractivity contribution is -0.157. The molecule has 1 aromatic rings. The van der Waals surface area contributed by atoms with E-state index in [1.807, 2.05) is 0 Å². The molecule has 0 bridgehead atoms. The lowest BCUT2D eigenvalue weighted by atomic mass is 10.2. The fraction of sp³-hybridized carbons (Fsp3) is 0.529. The van der Waals surface area contributed by atoms with E-state index in [4.69, 9.17) is 9.47 Å². The predicted molar refractivity (Wildman–Crippen MR) is 84.1 cm³/mol. The molecule has 6 nitrogen and oxygen atoms in total. The first-order valence-corrected chi connectivity index (χ1v) is 8.19. The molecule has 0 saturated carbocycles. The van der Waals surface area contributed by atoms with Crippen LogP contribution in [-0.2, 0) is 14.3 Å². The van der Waals surface area contributed by atoms with Crippen molar-refractivity contribution >= 4 is 11.8 Å². The third-order valence-electron chi connectivity index (χ3n) is 4.29. The van der Waals surface area contributed by atoms with Crippen LogP contribution in [0.1, 0.15) is 16.8 Å². The van der Waals surface area contributed by atoms with E-state index in [0.29, 0.717) is 45.8 Å². The summed E-state index contributed by atoms with van der Waals surface area (Å²) in [6.07, 6.45) is 0.0899. The first-order valence-electron chi connectivity index (χ1n) is 8.19. The normalized spacial score (nSPS) is 22.1. The van der Waals surface area contributed by atoms with E-state index in [2.05, 4.69) is 0 Å². The summed E-state index contributed by atoms with van der Waals surface area (Å²) in [5.41, 5.74) is 0.0706. The van der Waals surface area contributed by atoms with Gasteiger partial charge >= 0.3 is 0 Å². The highest BCUT2D eigenvalue weighted by Crippen LogP contribution is 2.14. The average molecular weight is 336 g/mol. The molecule has 1 aromatic carbocycles. The van der Waals surface area contributed by atoms with Crippen molar-refractivity contribution < 1.29 is 23.5 Å². The van der Waals surface area contributed by atoms with E-state index in [0.717, 1.165) is 0 Å². The summed E-state index contributed by atoms with van der Waals surface area (Å²) in [5.74, 6) is -0.957. The van der Waals surface area contributed by atoms with Gasteiger partial charge in [0.05, 0.1) is 25.4 Å². The summed E-state index contributed by atoms with van der Waals surface area (Å²) in [5, 5.41) is 0. The van der Waals surface area contributed by atoms with Crippen LogP contribution in [0.4, 0.5) is 4.39 Å². The smallest absolute Gasteiger partial charge is 0.256 e. The van der Waals surface area contributed by atoms with Gasteiger partial charge in [0.1, 0.15) is 5.82 Å². The molecule has 1 unspecified atom stereocenters. The molecule has 0 N–H and O–H groups in total. The molecular formula is C17H21FN2O4. The van der Waals surface area contributed by atoms with Gasteiger partial charge in [0, 0.05) is 26.2 Å². The molecule has 0 aromatic heterocycles. The summed E-state index contributed by atoms with van der Waals surface area (Å²) in [6, 6.07) is 5.96. The zero-order valence-corrected chi connectivity index (χ0v) is 13.4. The predicted octanol–water partition coefficient (Wildman–Crippen LogP) is 0.916.